The molecule has 1 aromatic heterocycles. The summed E-state index contributed by atoms with van der Waals surface area (Å²) in [6, 6.07) is 0. The van der Waals surface area contributed by atoms with Gasteiger partial charge >= 0.3 is 0 Å². The van der Waals surface area contributed by atoms with E-state index < -0.39 is 0 Å². The maximum Gasteiger partial charge on any atom is 0.0766 e. The number of rotatable bonds is 6. The van der Waals surface area contributed by atoms with Crippen LogP contribution < -0.4 is 0 Å². The fourth-order valence-electron chi connectivity index (χ4n) is 2.36. The second-order valence-corrected chi connectivity index (χ2v) is 7.40. The Morgan fingerprint density at radius 3 is 2.22 bits per heavy atom. The van der Waals surface area contributed by atoms with Crippen LogP contribution in [0.1, 0.15) is 46.0 Å². The van der Waals surface area contributed by atoms with Gasteiger partial charge in [0.05, 0.1) is 15.9 Å². The van der Waals surface area contributed by atoms with Gasteiger partial charge in [0, 0.05) is 11.4 Å². The minimum atomic E-state index is 0.523. The summed E-state index contributed by atoms with van der Waals surface area (Å²) in [6.07, 6.45) is 2.06. The highest BCUT2D eigenvalue weighted by atomic mass is 79.9. The molecule has 1 heterocycles. The van der Waals surface area contributed by atoms with Crippen LogP contribution in [0.3, 0.4) is 0 Å². The van der Waals surface area contributed by atoms with Crippen molar-refractivity contribution in [1.82, 2.24) is 9.78 Å². The standard InChI is InChI=1S/C14H24Br2N2/c1-6-12-14(16)13(18(7-2)17-12)8-11(9(3)4)10(5)15/h9-11H,6-8H2,1-5H3. The zero-order valence-electron chi connectivity index (χ0n) is 12.0. The van der Waals surface area contributed by atoms with Gasteiger partial charge in [-0.1, -0.05) is 43.6 Å². The first-order valence-electron chi connectivity index (χ1n) is 6.80. The van der Waals surface area contributed by atoms with E-state index in [1.807, 2.05) is 0 Å². The Morgan fingerprint density at radius 1 is 1.22 bits per heavy atom. The lowest BCUT2D eigenvalue weighted by molar-refractivity contribution is 0.372. The van der Waals surface area contributed by atoms with E-state index in [0.717, 1.165) is 19.4 Å². The van der Waals surface area contributed by atoms with Crippen molar-refractivity contribution in [3.63, 3.8) is 0 Å². The predicted octanol–water partition coefficient (Wildman–Crippen LogP) is 4.83. The molecule has 0 saturated heterocycles. The lowest BCUT2D eigenvalue weighted by atomic mass is 9.88. The van der Waals surface area contributed by atoms with Crippen molar-refractivity contribution >= 4 is 31.9 Å². The van der Waals surface area contributed by atoms with Gasteiger partial charge < -0.3 is 0 Å². The smallest absolute Gasteiger partial charge is 0.0766 e. The minimum Gasteiger partial charge on any atom is -0.268 e. The topological polar surface area (TPSA) is 17.8 Å². The molecular formula is C14H24Br2N2. The largest absolute Gasteiger partial charge is 0.268 e. The molecule has 4 heteroatoms. The molecule has 0 aromatic carbocycles. The molecule has 0 aliphatic rings. The van der Waals surface area contributed by atoms with E-state index in [-0.39, 0.29) is 0 Å². The Morgan fingerprint density at radius 2 is 1.83 bits per heavy atom. The van der Waals surface area contributed by atoms with Crippen LogP contribution in [-0.4, -0.2) is 14.6 Å². The quantitative estimate of drug-likeness (QED) is 0.647. The van der Waals surface area contributed by atoms with Crippen LogP contribution in [0.2, 0.25) is 0 Å². The Bertz CT molecular complexity index is 375. The normalized spacial score (nSPS) is 15.1. The van der Waals surface area contributed by atoms with Crippen molar-refractivity contribution in [2.24, 2.45) is 11.8 Å². The van der Waals surface area contributed by atoms with Crippen LogP contribution in [0.5, 0.6) is 0 Å². The van der Waals surface area contributed by atoms with Gasteiger partial charge in [0.15, 0.2) is 0 Å². The zero-order chi connectivity index (χ0) is 13.9. The first-order valence-corrected chi connectivity index (χ1v) is 8.51. The summed E-state index contributed by atoms with van der Waals surface area (Å²) in [5, 5.41) is 4.67. The fraction of sp³-hybridized carbons (Fsp3) is 0.786. The first-order chi connectivity index (χ1) is 8.42. The van der Waals surface area contributed by atoms with Crippen LogP contribution in [0, 0.1) is 11.8 Å². The molecule has 0 aliphatic heterocycles. The lowest BCUT2D eigenvalue weighted by Gasteiger charge is -2.24. The van der Waals surface area contributed by atoms with Gasteiger partial charge in [-0.25, -0.2) is 0 Å². The molecule has 0 N–H and O–H groups in total. The Kier molecular flexibility index (Phi) is 6.39. The van der Waals surface area contributed by atoms with Crippen LogP contribution in [0.15, 0.2) is 4.47 Å². The number of alkyl halides is 1. The minimum absolute atomic E-state index is 0.523. The van der Waals surface area contributed by atoms with Crippen LogP contribution in [0.4, 0.5) is 0 Å². The summed E-state index contributed by atoms with van der Waals surface area (Å²) in [6.45, 7) is 12.1. The molecule has 2 unspecified atom stereocenters. The van der Waals surface area contributed by atoms with Gasteiger partial charge in [-0.15, -0.1) is 0 Å². The third-order valence-electron chi connectivity index (χ3n) is 3.57. The number of hydrogen-bond acceptors (Lipinski definition) is 1. The van der Waals surface area contributed by atoms with Gasteiger partial charge in [0.1, 0.15) is 0 Å². The second kappa shape index (κ2) is 7.09. The number of hydrogen-bond donors (Lipinski definition) is 0. The maximum atomic E-state index is 4.67. The maximum absolute atomic E-state index is 4.67. The summed E-state index contributed by atoms with van der Waals surface area (Å²) in [5.41, 5.74) is 2.52. The van der Waals surface area contributed by atoms with E-state index in [1.165, 1.54) is 15.9 Å². The molecule has 104 valence electrons. The van der Waals surface area contributed by atoms with E-state index in [4.69, 9.17) is 0 Å². The third-order valence-corrected chi connectivity index (χ3v) is 5.16. The summed E-state index contributed by atoms with van der Waals surface area (Å²) in [7, 11) is 0. The lowest BCUT2D eigenvalue weighted by Crippen LogP contribution is -2.22. The van der Waals surface area contributed by atoms with E-state index in [2.05, 4.69) is 76.3 Å². The predicted molar refractivity (Wildman–Crippen MR) is 85.4 cm³/mol. The highest BCUT2D eigenvalue weighted by molar-refractivity contribution is 9.10. The second-order valence-electron chi connectivity index (χ2n) is 5.17. The number of aromatic nitrogens is 2. The Hall–Kier alpha value is 0.170. The molecule has 2 atom stereocenters. The molecule has 0 radical (unpaired) electrons. The molecule has 1 rings (SSSR count). The van der Waals surface area contributed by atoms with Crippen LogP contribution >= 0.6 is 31.9 Å². The molecule has 0 spiro atoms. The molecule has 0 aliphatic carbocycles. The van der Waals surface area contributed by atoms with Crippen LogP contribution in [-0.2, 0) is 19.4 Å². The van der Waals surface area contributed by atoms with Crippen LogP contribution in [0.25, 0.3) is 0 Å². The Labute approximate surface area is 128 Å². The average molecular weight is 380 g/mol. The monoisotopic (exact) mass is 378 g/mol. The highest BCUT2D eigenvalue weighted by Gasteiger charge is 2.23. The van der Waals surface area contributed by atoms with Crippen molar-refractivity contribution in [1.29, 1.82) is 0 Å². The van der Waals surface area contributed by atoms with Gasteiger partial charge in [0.25, 0.3) is 0 Å². The molecule has 0 bridgehead atoms. The molecule has 0 fully saturated rings. The van der Waals surface area contributed by atoms with E-state index in [0.29, 0.717) is 16.7 Å². The van der Waals surface area contributed by atoms with E-state index in [1.54, 1.807) is 0 Å². The van der Waals surface area contributed by atoms with Crippen molar-refractivity contribution in [3.8, 4) is 0 Å². The summed E-state index contributed by atoms with van der Waals surface area (Å²) >= 11 is 7.48. The van der Waals surface area contributed by atoms with E-state index in [9.17, 15) is 0 Å². The highest BCUT2D eigenvalue weighted by Crippen LogP contribution is 2.30. The Balaban J connectivity index is 3.04. The fourth-order valence-corrected chi connectivity index (χ4v) is 3.89. The number of aryl methyl sites for hydroxylation is 2. The number of nitrogens with zero attached hydrogens (tertiary/aromatic N) is 2. The van der Waals surface area contributed by atoms with Gasteiger partial charge in [-0.05, 0) is 47.5 Å². The van der Waals surface area contributed by atoms with E-state index >= 15 is 0 Å². The SMILES string of the molecule is CCc1nn(CC)c(CC(C(C)C)C(C)Br)c1Br. The van der Waals surface area contributed by atoms with Gasteiger partial charge in [-0.2, -0.15) is 5.10 Å². The zero-order valence-corrected chi connectivity index (χ0v) is 15.2. The summed E-state index contributed by atoms with van der Waals surface area (Å²) < 4.78 is 3.36. The van der Waals surface area contributed by atoms with Crippen molar-refractivity contribution in [3.05, 3.63) is 15.9 Å². The third kappa shape index (κ3) is 3.60. The number of halogens is 2. The molecule has 2 nitrogen and oxygen atoms in total. The summed E-state index contributed by atoms with van der Waals surface area (Å²) in [5.74, 6) is 1.30. The van der Waals surface area contributed by atoms with Crippen molar-refractivity contribution in [2.75, 3.05) is 0 Å². The van der Waals surface area contributed by atoms with Crippen molar-refractivity contribution in [2.45, 2.75) is 58.8 Å². The molecule has 1 aromatic rings. The molecule has 18 heavy (non-hydrogen) atoms. The van der Waals surface area contributed by atoms with Crippen molar-refractivity contribution < 1.29 is 0 Å². The molecule has 0 saturated carbocycles. The van der Waals surface area contributed by atoms with Gasteiger partial charge in [0.2, 0.25) is 0 Å². The molecular weight excluding hydrogens is 356 g/mol. The van der Waals surface area contributed by atoms with Gasteiger partial charge in [-0.3, -0.25) is 4.68 Å². The average Bonchev–Trinajstić information content (AvgIpc) is 2.61. The first kappa shape index (κ1) is 16.2. The summed E-state index contributed by atoms with van der Waals surface area (Å²) in [4.78, 5) is 0.523. The molecule has 0 amide bonds.